The van der Waals surface area contributed by atoms with Crippen LogP contribution in [0.2, 0.25) is 5.02 Å². The van der Waals surface area contributed by atoms with E-state index in [4.69, 9.17) is 11.6 Å². The summed E-state index contributed by atoms with van der Waals surface area (Å²) in [5, 5.41) is -0.644. The predicted molar refractivity (Wildman–Crippen MR) is 96.5 cm³/mol. The molecule has 0 atom stereocenters. The van der Waals surface area contributed by atoms with Crippen molar-refractivity contribution in [2.24, 2.45) is 0 Å². The minimum absolute atomic E-state index is 0.122. The number of hydrogen-bond donors (Lipinski definition) is 2. The number of rotatable bonds is 3. The zero-order valence-corrected chi connectivity index (χ0v) is 15.4. The third-order valence-electron chi connectivity index (χ3n) is 3.87. The Balaban J connectivity index is 1.86. The van der Waals surface area contributed by atoms with Gasteiger partial charge < -0.3 is 4.98 Å². The molecule has 0 aliphatic heterocycles. The molecule has 0 saturated carbocycles. The molecule has 0 saturated heterocycles. The van der Waals surface area contributed by atoms with Crippen molar-refractivity contribution in [1.29, 1.82) is 0 Å². The quantitative estimate of drug-likeness (QED) is 0.493. The summed E-state index contributed by atoms with van der Waals surface area (Å²) in [6.45, 7) is 0. The first-order chi connectivity index (χ1) is 12.7. The lowest BCUT2D eigenvalue weighted by molar-refractivity contribution is -0.136. The van der Waals surface area contributed by atoms with Crippen LogP contribution in [0.4, 0.5) is 18.9 Å². The van der Waals surface area contributed by atoms with Gasteiger partial charge in [0.25, 0.3) is 10.0 Å². The number of alkyl halides is 3. The number of halogens is 4. The molecule has 27 heavy (non-hydrogen) atoms. The zero-order chi connectivity index (χ0) is 19.4. The van der Waals surface area contributed by atoms with Gasteiger partial charge in [0.2, 0.25) is 0 Å². The van der Waals surface area contributed by atoms with E-state index in [0.717, 1.165) is 24.0 Å². The number of hydrogen-bond acceptors (Lipinski definition) is 5. The van der Waals surface area contributed by atoms with Crippen LogP contribution in [0.25, 0.3) is 21.9 Å². The van der Waals surface area contributed by atoms with E-state index in [1.165, 1.54) is 12.1 Å². The van der Waals surface area contributed by atoms with E-state index in [2.05, 4.69) is 18.5 Å². The second-order valence-corrected chi connectivity index (χ2v) is 8.13. The molecule has 2 heterocycles. The van der Waals surface area contributed by atoms with Gasteiger partial charge in [0.15, 0.2) is 0 Å². The van der Waals surface area contributed by atoms with Crippen LogP contribution < -0.4 is 4.72 Å². The van der Waals surface area contributed by atoms with Gasteiger partial charge in [-0.15, -0.1) is 0 Å². The molecule has 0 amide bonds. The average Bonchev–Trinajstić information content (AvgIpc) is 3.20. The van der Waals surface area contributed by atoms with Gasteiger partial charge in [-0.3, -0.25) is 4.72 Å². The lowest BCUT2D eigenvalue weighted by Crippen LogP contribution is -2.13. The first kappa shape index (κ1) is 18.0. The first-order valence-electron chi connectivity index (χ1n) is 7.29. The normalized spacial score (nSPS) is 12.7. The molecule has 140 valence electrons. The highest BCUT2D eigenvalue weighted by molar-refractivity contribution is 7.93. The maximum absolute atomic E-state index is 13.3. The van der Waals surface area contributed by atoms with Crippen LogP contribution in [0.3, 0.4) is 0 Å². The summed E-state index contributed by atoms with van der Waals surface area (Å²) in [6.07, 6.45) is -3.74. The Bertz CT molecular complexity index is 1280. The smallest absolute Gasteiger partial charge is 0.359 e. The summed E-state index contributed by atoms with van der Waals surface area (Å²) in [4.78, 5) is 2.05. The lowest BCUT2D eigenvalue weighted by atomic mass is 10.1. The molecule has 2 aromatic carbocycles. The lowest BCUT2D eigenvalue weighted by Gasteiger charge is -2.11. The van der Waals surface area contributed by atoms with Gasteiger partial charge in [0, 0.05) is 11.6 Å². The largest absolute Gasteiger partial charge is 0.419 e. The fraction of sp³-hybridized carbons (Fsp3) is 0.0667. The first-order valence-corrected chi connectivity index (χ1v) is 9.88. The number of H-pyrrole nitrogens is 1. The zero-order valence-electron chi connectivity index (χ0n) is 13.0. The number of anilines is 1. The SMILES string of the molecule is O=S(=O)(Nc1cccc2nsnc12)c1c[nH]c2c(C(F)(F)F)c(Cl)ccc12. The van der Waals surface area contributed by atoms with E-state index >= 15 is 0 Å². The summed E-state index contributed by atoms with van der Waals surface area (Å²) >= 11 is 6.59. The highest BCUT2D eigenvalue weighted by Crippen LogP contribution is 2.41. The molecule has 2 aromatic heterocycles. The number of aromatic amines is 1. The van der Waals surface area contributed by atoms with Crippen molar-refractivity contribution in [1.82, 2.24) is 13.7 Å². The van der Waals surface area contributed by atoms with E-state index in [-0.39, 0.29) is 16.0 Å². The highest BCUT2D eigenvalue weighted by Gasteiger charge is 2.37. The molecule has 0 unspecified atom stereocenters. The number of nitrogens with one attached hydrogen (secondary N) is 2. The summed E-state index contributed by atoms with van der Waals surface area (Å²) < 4.78 is 75.9. The van der Waals surface area contributed by atoms with E-state index < -0.39 is 32.3 Å². The molecule has 2 N–H and O–H groups in total. The van der Waals surface area contributed by atoms with Crippen molar-refractivity contribution >= 4 is 61.0 Å². The van der Waals surface area contributed by atoms with Crippen molar-refractivity contribution in [3.63, 3.8) is 0 Å². The molecule has 6 nitrogen and oxygen atoms in total. The maximum Gasteiger partial charge on any atom is 0.419 e. The van der Waals surface area contributed by atoms with Gasteiger partial charge in [-0.05, 0) is 24.3 Å². The number of fused-ring (bicyclic) bond motifs is 2. The summed E-state index contributed by atoms with van der Waals surface area (Å²) in [7, 11) is -4.20. The third-order valence-corrected chi connectivity index (χ3v) is 6.13. The van der Waals surface area contributed by atoms with Crippen LogP contribution in [-0.4, -0.2) is 22.1 Å². The number of aromatic nitrogens is 3. The van der Waals surface area contributed by atoms with Crippen molar-refractivity contribution < 1.29 is 21.6 Å². The standard InChI is InChI=1S/C15H8ClF3N4O2S2/c16-8-5-4-7-11(6-20-13(7)12(8)15(17,18)19)27(24,25)23-10-3-1-2-9-14(10)22-26-21-9/h1-6,20,23H. The van der Waals surface area contributed by atoms with Gasteiger partial charge in [0.1, 0.15) is 15.9 Å². The van der Waals surface area contributed by atoms with Crippen LogP contribution >= 0.6 is 23.3 Å². The van der Waals surface area contributed by atoms with Crippen LogP contribution in [0.5, 0.6) is 0 Å². The van der Waals surface area contributed by atoms with Crippen molar-refractivity contribution in [3.05, 3.63) is 47.1 Å². The van der Waals surface area contributed by atoms with Crippen LogP contribution in [0.1, 0.15) is 5.56 Å². The molecule has 0 spiro atoms. The molecule has 0 aliphatic carbocycles. The van der Waals surface area contributed by atoms with E-state index in [1.807, 2.05) is 0 Å². The Morgan fingerprint density at radius 2 is 1.93 bits per heavy atom. The van der Waals surface area contributed by atoms with E-state index in [1.54, 1.807) is 12.1 Å². The molecule has 12 heteroatoms. The molecule has 0 fully saturated rings. The monoisotopic (exact) mass is 432 g/mol. The van der Waals surface area contributed by atoms with Gasteiger partial charge in [-0.1, -0.05) is 17.7 Å². The second kappa shape index (κ2) is 6.08. The fourth-order valence-corrected chi connectivity index (χ4v) is 4.79. The Kier molecular flexibility index (Phi) is 4.05. The van der Waals surface area contributed by atoms with Crippen molar-refractivity contribution in [2.45, 2.75) is 11.1 Å². The minimum atomic E-state index is -4.74. The molecular formula is C15H8ClF3N4O2S2. The summed E-state index contributed by atoms with van der Waals surface area (Å²) in [6, 6.07) is 7.00. The third kappa shape index (κ3) is 3.01. The number of sulfonamides is 1. The topological polar surface area (TPSA) is 87.7 Å². The predicted octanol–water partition coefficient (Wildman–Crippen LogP) is 4.65. The summed E-state index contributed by atoms with van der Waals surface area (Å²) in [5.74, 6) is 0. The fourth-order valence-electron chi connectivity index (χ4n) is 2.74. The Morgan fingerprint density at radius 3 is 2.67 bits per heavy atom. The van der Waals surface area contributed by atoms with Gasteiger partial charge in [-0.25, -0.2) is 8.42 Å². The van der Waals surface area contributed by atoms with E-state index in [0.29, 0.717) is 11.0 Å². The molecule has 0 aliphatic rings. The molecule has 0 radical (unpaired) electrons. The molecule has 4 aromatic rings. The Morgan fingerprint density at radius 1 is 1.15 bits per heavy atom. The molecular weight excluding hydrogens is 425 g/mol. The summed E-state index contributed by atoms with van der Waals surface area (Å²) in [5.41, 5.74) is -0.478. The number of benzene rings is 2. The van der Waals surface area contributed by atoms with Crippen LogP contribution in [0.15, 0.2) is 41.4 Å². The van der Waals surface area contributed by atoms with Crippen molar-refractivity contribution in [2.75, 3.05) is 4.72 Å². The number of nitrogens with zero attached hydrogens (tertiary/aromatic N) is 2. The van der Waals surface area contributed by atoms with Crippen molar-refractivity contribution in [3.8, 4) is 0 Å². The average molecular weight is 433 g/mol. The van der Waals surface area contributed by atoms with Gasteiger partial charge >= 0.3 is 6.18 Å². The Labute approximate surface area is 159 Å². The maximum atomic E-state index is 13.3. The van der Waals surface area contributed by atoms with Crippen LogP contribution in [0, 0.1) is 0 Å². The highest BCUT2D eigenvalue weighted by atomic mass is 35.5. The van der Waals surface area contributed by atoms with Gasteiger partial charge in [0.05, 0.1) is 33.5 Å². The van der Waals surface area contributed by atoms with Gasteiger partial charge in [-0.2, -0.15) is 21.9 Å². The van der Waals surface area contributed by atoms with Crippen LogP contribution in [-0.2, 0) is 16.2 Å². The molecule has 4 rings (SSSR count). The molecule has 0 bridgehead atoms. The second-order valence-electron chi connectivity index (χ2n) is 5.54. The Hall–Kier alpha value is -2.37. The minimum Gasteiger partial charge on any atom is -0.359 e. The van der Waals surface area contributed by atoms with E-state index in [9.17, 15) is 21.6 Å².